The number of aromatic carboxylic acids is 1. The van der Waals surface area contributed by atoms with Gasteiger partial charge in [-0.25, -0.2) is 4.79 Å². The van der Waals surface area contributed by atoms with E-state index in [9.17, 15) is 13.2 Å². The maximum absolute atomic E-state index is 12.2. The summed E-state index contributed by atoms with van der Waals surface area (Å²) in [7, 11) is -3.92. The van der Waals surface area contributed by atoms with Crippen LogP contribution in [0.2, 0.25) is 0 Å². The smallest absolute Gasteiger partial charge is 0.352 e. The summed E-state index contributed by atoms with van der Waals surface area (Å²) in [4.78, 5) is 10.9. The molecule has 2 aromatic rings. The number of nitrogens with two attached hydrogens (primary N) is 1. The molecule has 0 aliphatic carbocycles. The number of rotatable bonds is 4. The molecule has 0 bridgehead atoms. The number of nitrogen functional groups attached to an aromatic ring is 1. The molecule has 0 fully saturated rings. The van der Waals surface area contributed by atoms with Crippen LogP contribution in [0.1, 0.15) is 17.4 Å². The van der Waals surface area contributed by atoms with E-state index in [2.05, 4.69) is 5.10 Å². The molecule has 0 saturated heterocycles. The number of carboxylic acid groups (broad SMARTS) is 1. The molecule has 102 valence electrons. The van der Waals surface area contributed by atoms with E-state index >= 15 is 0 Å². The number of hydrogen-bond acceptors (Lipinski definition) is 5. The van der Waals surface area contributed by atoms with E-state index < -0.39 is 16.0 Å². The molecule has 0 amide bonds. The fourth-order valence-electron chi connectivity index (χ4n) is 1.63. The van der Waals surface area contributed by atoms with Crippen molar-refractivity contribution in [2.24, 2.45) is 0 Å². The number of carboxylic acids is 1. The molecular formula is C10H12N4O4S. The minimum absolute atomic E-state index is 0.0666. The summed E-state index contributed by atoms with van der Waals surface area (Å²) in [5, 5.41) is 12.6. The summed E-state index contributed by atoms with van der Waals surface area (Å²) < 4.78 is 26.4. The van der Waals surface area contributed by atoms with Crippen molar-refractivity contribution in [1.29, 1.82) is 0 Å². The van der Waals surface area contributed by atoms with Gasteiger partial charge >= 0.3 is 5.97 Å². The van der Waals surface area contributed by atoms with E-state index in [0.717, 1.165) is 6.07 Å². The highest BCUT2D eigenvalue weighted by molar-refractivity contribution is 7.89. The molecule has 0 unspecified atom stereocenters. The largest absolute Gasteiger partial charge is 0.477 e. The lowest BCUT2D eigenvalue weighted by atomic mass is 10.4. The second-order valence-electron chi connectivity index (χ2n) is 3.77. The van der Waals surface area contributed by atoms with Crippen LogP contribution >= 0.6 is 0 Å². The van der Waals surface area contributed by atoms with Crippen LogP contribution in [0.5, 0.6) is 0 Å². The summed E-state index contributed by atoms with van der Waals surface area (Å²) >= 11 is 0. The fraction of sp³-hybridized carbons (Fsp3) is 0.200. The third kappa shape index (κ3) is 2.19. The molecule has 0 spiro atoms. The monoisotopic (exact) mass is 284 g/mol. The Kier molecular flexibility index (Phi) is 3.06. The molecular weight excluding hydrogens is 272 g/mol. The molecule has 0 atom stereocenters. The van der Waals surface area contributed by atoms with Gasteiger partial charge < -0.3 is 15.4 Å². The molecule has 0 aliphatic rings. The number of hydrogen-bond donors (Lipinski definition) is 2. The van der Waals surface area contributed by atoms with Gasteiger partial charge in [-0.15, -0.1) is 5.10 Å². The van der Waals surface area contributed by atoms with Crippen molar-refractivity contribution in [2.45, 2.75) is 18.4 Å². The predicted molar refractivity (Wildman–Crippen MR) is 66.3 cm³/mol. The van der Waals surface area contributed by atoms with Gasteiger partial charge in [0.1, 0.15) is 16.4 Å². The van der Waals surface area contributed by atoms with Crippen LogP contribution in [-0.4, -0.2) is 33.2 Å². The van der Waals surface area contributed by atoms with Gasteiger partial charge in [0, 0.05) is 25.0 Å². The van der Waals surface area contributed by atoms with Gasteiger partial charge in [-0.05, 0) is 13.0 Å². The summed E-state index contributed by atoms with van der Waals surface area (Å²) in [6, 6.07) is 2.44. The normalized spacial score (nSPS) is 11.6. The van der Waals surface area contributed by atoms with Crippen LogP contribution < -0.4 is 5.73 Å². The lowest BCUT2D eigenvalue weighted by Crippen LogP contribution is -2.13. The van der Waals surface area contributed by atoms with Crippen LogP contribution in [0.4, 0.5) is 5.82 Å². The SMILES string of the molecule is CCn1cc(S(=O)(=O)n2ccc(N)n2)cc1C(=O)O. The molecule has 9 heteroatoms. The van der Waals surface area contributed by atoms with Crippen LogP contribution in [0, 0.1) is 0 Å². The Morgan fingerprint density at radius 2 is 2.21 bits per heavy atom. The molecule has 8 nitrogen and oxygen atoms in total. The summed E-state index contributed by atoms with van der Waals surface area (Å²) in [5.74, 6) is -1.12. The van der Waals surface area contributed by atoms with Gasteiger partial charge in [0.15, 0.2) is 0 Å². The van der Waals surface area contributed by atoms with Crippen molar-refractivity contribution in [2.75, 3.05) is 5.73 Å². The lowest BCUT2D eigenvalue weighted by molar-refractivity contribution is 0.0685. The number of aromatic nitrogens is 3. The van der Waals surface area contributed by atoms with Crippen molar-refractivity contribution in [1.82, 2.24) is 13.8 Å². The molecule has 0 aromatic carbocycles. The van der Waals surface area contributed by atoms with Crippen LogP contribution in [0.25, 0.3) is 0 Å². The zero-order valence-electron chi connectivity index (χ0n) is 10.0. The van der Waals surface area contributed by atoms with E-state index in [4.69, 9.17) is 10.8 Å². The Bertz CT molecular complexity index is 729. The maximum atomic E-state index is 12.2. The van der Waals surface area contributed by atoms with Crippen LogP contribution in [-0.2, 0) is 16.6 Å². The summed E-state index contributed by atoms with van der Waals surface area (Å²) in [6.45, 7) is 2.06. The molecule has 19 heavy (non-hydrogen) atoms. The van der Waals surface area contributed by atoms with Gasteiger partial charge in [0.2, 0.25) is 0 Å². The highest BCUT2D eigenvalue weighted by Crippen LogP contribution is 2.18. The van der Waals surface area contributed by atoms with Crippen molar-refractivity contribution in [3.05, 3.63) is 30.2 Å². The minimum atomic E-state index is -3.92. The molecule has 0 radical (unpaired) electrons. The van der Waals surface area contributed by atoms with E-state index in [1.54, 1.807) is 6.92 Å². The predicted octanol–water partition coefficient (Wildman–Crippen LogP) is 0.222. The van der Waals surface area contributed by atoms with Crippen molar-refractivity contribution < 1.29 is 18.3 Å². The summed E-state index contributed by atoms with van der Waals surface area (Å²) in [5.41, 5.74) is 5.27. The van der Waals surface area contributed by atoms with Crippen LogP contribution in [0.15, 0.2) is 29.4 Å². The van der Waals surface area contributed by atoms with E-state index in [1.807, 2.05) is 0 Å². The van der Waals surface area contributed by atoms with Crippen LogP contribution in [0.3, 0.4) is 0 Å². The maximum Gasteiger partial charge on any atom is 0.352 e. The Balaban J connectivity index is 2.56. The van der Waals surface area contributed by atoms with E-state index in [1.165, 1.54) is 23.0 Å². The third-order valence-electron chi connectivity index (χ3n) is 2.56. The van der Waals surface area contributed by atoms with Gasteiger partial charge in [-0.2, -0.15) is 12.5 Å². The van der Waals surface area contributed by atoms with E-state index in [-0.39, 0.29) is 16.4 Å². The first-order chi connectivity index (χ1) is 8.86. The molecule has 2 aromatic heterocycles. The van der Waals surface area contributed by atoms with Gasteiger partial charge in [-0.3, -0.25) is 0 Å². The lowest BCUT2D eigenvalue weighted by Gasteiger charge is -2.01. The Morgan fingerprint density at radius 3 is 2.63 bits per heavy atom. The van der Waals surface area contributed by atoms with Gasteiger partial charge in [0.25, 0.3) is 10.0 Å². The van der Waals surface area contributed by atoms with Gasteiger partial charge in [0.05, 0.1) is 0 Å². The van der Waals surface area contributed by atoms with Crippen molar-refractivity contribution in [3.8, 4) is 0 Å². The number of aryl methyl sites for hydroxylation is 1. The fourth-order valence-corrected chi connectivity index (χ4v) is 2.79. The first kappa shape index (κ1) is 13.1. The molecule has 3 N–H and O–H groups in total. The first-order valence-corrected chi connectivity index (χ1v) is 6.80. The van der Waals surface area contributed by atoms with E-state index in [0.29, 0.717) is 10.6 Å². The molecule has 2 rings (SSSR count). The summed E-state index contributed by atoms with van der Waals surface area (Å²) in [6.07, 6.45) is 2.46. The molecule has 2 heterocycles. The number of nitrogens with zero attached hydrogens (tertiary/aromatic N) is 3. The second kappa shape index (κ2) is 4.43. The average molecular weight is 284 g/mol. The Labute approximate surface area is 109 Å². The van der Waals surface area contributed by atoms with Crippen molar-refractivity contribution in [3.63, 3.8) is 0 Å². The number of anilines is 1. The van der Waals surface area contributed by atoms with Crippen molar-refractivity contribution >= 4 is 21.8 Å². The Hall–Kier alpha value is -2.29. The zero-order chi connectivity index (χ0) is 14.2. The Morgan fingerprint density at radius 1 is 1.53 bits per heavy atom. The van der Waals surface area contributed by atoms with Gasteiger partial charge in [-0.1, -0.05) is 0 Å². The zero-order valence-corrected chi connectivity index (χ0v) is 10.8. The highest BCUT2D eigenvalue weighted by atomic mass is 32.2. The standard InChI is InChI=1S/C10H12N4O4S/c1-2-13-6-7(5-8(13)10(15)16)19(17,18)14-4-3-9(11)12-14/h3-6H,2H2,1H3,(H2,11,12)(H,15,16). The first-order valence-electron chi connectivity index (χ1n) is 5.36. The highest BCUT2D eigenvalue weighted by Gasteiger charge is 2.23. The second-order valence-corrected chi connectivity index (χ2v) is 5.57. The third-order valence-corrected chi connectivity index (χ3v) is 4.08. The topological polar surface area (TPSA) is 120 Å². The molecule has 0 saturated carbocycles. The molecule has 0 aliphatic heterocycles. The minimum Gasteiger partial charge on any atom is -0.477 e. The average Bonchev–Trinajstić information content (AvgIpc) is 2.94. The quantitative estimate of drug-likeness (QED) is 0.828. The number of carbonyl (C=O) groups is 1.